The lowest BCUT2D eigenvalue weighted by molar-refractivity contribution is -0.144. The van der Waals surface area contributed by atoms with Crippen LogP contribution in [0.15, 0.2) is 60.8 Å². The third-order valence-corrected chi connectivity index (χ3v) is 6.27. The van der Waals surface area contributed by atoms with Crippen molar-refractivity contribution >= 4 is 28.8 Å². The van der Waals surface area contributed by atoms with Crippen molar-refractivity contribution in [2.45, 2.75) is 52.6 Å². The first-order chi connectivity index (χ1) is 17.2. The van der Waals surface area contributed by atoms with Gasteiger partial charge in [-0.05, 0) is 42.9 Å². The average Bonchev–Trinajstić information content (AvgIpc) is 3.21. The number of carbonyl (C=O) groups excluding carboxylic acids is 3. The number of nitrogens with one attached hydrogen (secondary N) is 1. The van der Waals surface area contributed by atoms with Gasteiger partial charge in [-0.3, -0.25) is 14.2 Å². The minimum atomic E-state index is -0.436. The molecule has 7 heteroatoms. The molecular weight excluding hydrogens is 454 g/mol. The van der Waals surface area contributed by atoms with Crippen LogP contribution in [0.5, 0.6) is 0 Å². The van der Waals surface area contributed by atoms with Crippen LogP contribution in [0.4, 0.5) is 4.79 Å². The molecule has 0 saturated heterocycles. The smallest absolute Gasteiger partial charge is 0.328 e. The summed E-state index contributed by atoms with van der Waals surface area (Å²) in [5.41, 5.74) is 2.87. The molecule has 3 rings (SSSR count). The molecule has 2 atom stereocenters. The van der Waals surface area contributed by atoms with Gasteiger partial charge >= 0.3 is 12.0 Å². The maximum absolute atomic E-state index is 13.3. The Morgan fingerprint density at radius 2 is 1.67 bits per heavy atom. The minimum absolute atomic E-state index is 0.0643. The second-order valence-corrected chi connectivity index (χ2v) is 9.89. The molecule has 36 heavy (non-hydrogen) atoms. The molecule has 0 bridgehead atoms. The number of para-hydroxylation sites is 1. The van der Waals surface area contributed by atoms with Crippen LogP contribution in [0.3, 0.4) is 0 Å². The number of nitrogens with zero attached hydrogens (tertiary/aromatic N) is 2. The Morgan fingerprint density at radius 1 is 1.00 bits per heavy atom. The number of hydrogen-bond donors (Lipinski definition) is 1. The van der Waals surface area contributed by atoms with Crippen molar-refractivity contribution in [3.63, 3.8) is 0 Å². The molecule has 3 aromatic rings. The van der Waals surface area contributed by atoms with Crippen molar-refractivity contribution in [1.82, 2.24) is 14.8 Å². The first-order valence-electron chi connectivity index (χ1n) is 12.4. The van der Waals surface area contributed by atoms with Crippen molar-refractivity contribution in [3.05, 3.63) is 71.9 Å². The zero-order valence-electron chi connectivity index (χ0n) is 21.9. The number of carbonyl (C=O) groups is 3. The van der Waals surface area contributed by atoms with E-state index in [2.05, 4.69) is 5.32 Å². The SMILES string of the molecule is COC(=O)C[C@@H](CC(C)C)C(=O)N[C@H](C)Cc1cn(C(=O)N(C)Cc2ccccc2)c2ccccc12. The predicted octanol–water partition coefficient (Wildman–Crippen LogP) is 5.01. The highest BCUT2D eigenvalue weighted by atomic mass is 16.5. The summed E-state index contributed by atoms with van der Waals surface area (Å²) in [4.78, 5) is 39.8. The van der Waals surface area contributed by atoms with E-state index in [4.69, 9.17) is 4.74 Å². The second-order valence-electron chi connectivity index (χ2n) is 9.89. The van der Waals surface area contributed by atoms with E-state index in [1.165, 1.54) is 7.11 Å². The number of aromatic nitrogens is 1. The van der Waals surface area contributed by atoms with E-state index >= 15 is 0 Å². The Morgan fingerprint density at radius 3 is 2.33 bits per heavy atom. The summed E-state index contributed by atoms with van der Waals surface area (Å²) in [6.45, 7) is 6.51. The Hall–Kier alpha value is -3.61. The van der Waals surface area contributed by atoms with E-state index in [1.807, 2.05) is 81.6 Å². The van der Waals surface area contributed by atoms with Gasteiger partial charge in [0.2, 0.25) is 5.91 Å². The number of ether oxygens (including phenoxy) is 1. The quantitative estimate of drug-likeness (QED) is 0.404. The van der Waals surface area contributed by atoms with Crippen LogP contribution in [-0.4, -0.2) is 47.6 Å². The number of methoxy groups -OCH3 is 1. The Labute approximate surface area is 213 Å². The Kier molecular flexibility index (Phi) is 9.28. The lowest BCUT2D eigenvalue weighted by atomic mass is 9.93. The standard InChI is InChI=1S/C29H37N3O4/c1-20(2)15-23(17-27(33)36-5)28(34)30-21(3)16-24-19-32(26-14-10-9-13-25(24)26)29(35)31(4)18-22-11-7-6-8-12-22/h6-14,19-21,23H,15-18H2,1-5H3,(H,30,34)/t21-,23-/m1/s1. The zero-order valence-corrected chi connectivity index (χ0v) is 21.9. The molecule has 0 radical (unpaired) electrons. The van der Waals surface area contributed by atoms with Crippen molar-refractivity contribution in [2.24, 2.45) is 11.8 Å². The number of amides is 2. The lowest BCUT2D eigenvalue weighted by Gasteiger charge is -2.21. The highest BCUT2D eigenvalue weighted by Crippen LogP contribution is 2.24. The van der Waals surface area contributed by atoms with Crippen LogP contribution in [0.25, 0.3) is 10.9 Å². The Bertz CT molecular complexity index is 1190. The lowest BCUT2D eigenvalue weighted by Crippen LogP contribution is -2.39. The third-order valence-electron chi connectivity index (χ3n) is 6.27. The molecule has 0 fully saturated rings. The van der Waals surface area contributed by atoms with E-state index in [0.717, 1.165) is 22.0 Å². The fourth-order valence-corrected chi connectivity index (χ4v) is 4.56. The summed E-state index contributed by atoms with van der Waals surface area (Å²) in [5, 5.41) is 4.05. The molecule has 0 aliphatic heterocycles. The van der Waals surface area contributed by atoms with Gasteiger partial charge in [0.25, 0.3) is 0 Å². The van der Waals surface area contributed by atoms with Crippen molar-refractivity contribution in [2.75, 3.05) is 14.2 Å². The van der Waals surface area contributed by atoms with Crippen molar-refractivity contribution in [3.8, 4) is 0 Å². The normalized spacial score (nSPS) is 12.8. The van der Waals surface area contributed by atoms with Crippen LogP contribution in [0.1, 0.15) is 44.7 Å². The fourth-order valence-electron chi connectivity index (χ4n) is 4.56. The molecule has 192 valence electrons. The van der Waals surface area contributed by atoms with E-state index < -0.39 is 5.92 Å². The number of fused-ring (bicyclic) bond motifs is 1. The molecule has 2 amide bonds. The van der Waals surface area contributed by atoms with Gasteiger partial charge in [0.15, 0.2) is 0 Å². The fraction of sp³-hybridized carbons (Fsp3) is 0.414. The summed E-state index contributed by atoms with van der Waals surface area (Å²) in [7, 11) is 3.13. The first-order valence-corrected chi connectivity index (χ1v) is 12.4. The van der Waals surface area contributed by atoms with E-state index in [0.29, 0.717) is 19.4 Å². The van der Waals surface area contributed by atoms with Crippen LogP contribution in [0, 0.1) is 11.8 Å². The summed E-state index contributed by atoms with van der Waals surface area (Å²) < 4.78 is 6.47. The van der Waals surface area contributed by atoms with Gasteiger partial charge < -0.3 is 15.0 Å². The van der Waals surface area contributed by atoms with Gasteiger partial charge in [0.05, 0.1) is 19.0 Å². The summed E-state index contributed by atoms with van der Waals surface area (Å²) in [5.74, 6) is -0.694. The molecule has 0 aliphatic carbocycles. The summed E-state index contributed by atoms with van der Waals surface area (Å²) >= 11 is 0. The monoisotopic (exact) mass is 491 g/mol. The third kappa shape index (κ3) is 6.97. The van der Waals surface area contributed by atoms with Crippen LogP contribution in [0.2, 0.25) is 0 Å². The molecule has 7 nitrogen and oxygen atoms in total. The van der Waals surface area contributed by atoms with Gasteiger partial charge in [-0.15, -0.1) is 0 Å². The summed E-state index contributed by atoms with van der Waals surface area (Å²) in [6, 6.07) is 17.4. The highest BCUT2D eigenvalue weighted by molar-refractivity contribution is 5.93. The van der Waals surface area contributed by atoms with Gasteiger partial charge in [-0.25, -0.2) is 4.79 Å². The van der Waals surface area contributed by atoms with Gasteiger partial charge in [0.1, 0.15) is 0 Å². The van der Waals surface area contributed by atoms with Crippen LogP contribution < -0.4 is 5.32 Å². The van der Waals surface area contributed by atoms with Crippen molar-refractivity contribution in [1.29, 1.82) is 0 Å². The number of rotatable bonds is 10. The number of esters is 1. The van der Waals surface area contributed by atoms with E-state index in [1.54, 1.807) is 16.5 Å². The zero-order chi connectivity index (χ0) is 26.2. The largest absolute Gasteiger partial charge is 0.469 e. The highest BCUT2D eigenvalue weighted by Gasteiger charge is 2.25. The molecule has 0 spiro atoms. The number of hydrogen-bond acceptors (Lipinski definition) is 4. The van der Waals surface area contributed by atoms with Gasteiger partial charge in [-0.2, -0.15) is 0 Å². The van der Waals surface area contributed by atoms with Crippen LogP contribution >= 0.6 is 0 Å². The maximum atomic E-state index is 13.3. The van der Waals surface area contributed by atoms with Gasteiger partial charge in [-0.1, -0.05) is 62.4 Å². The maximum Gasteiger partial charge on any atom is 0.328 e. The molecule has 1 aromatic heterocycles. The van der Waals surface area contributed by atoms with E-state index in [-0.39, 0.29) is 36.3 Å². The van der Waals surface area contributed by atoms with E-state index in [9.17, 15) is 14.4 Å². The second kappa shape index (κ2) is 12.4. The molecule has 0 unspecified atom stereocenters. The van der Waals surface area contributed by atoms with Gasteiger partial charge in [0, 0.05) is 37.1 Å². The Balaban J connectivity index is 1.76. The molecule has 1 N–H and O–H groups in total. The van der Waals surface area contributed by atoms with Crippen LogP contribution in [-0.2, 0) is 27.3 Å². The molecule has 1 heterocycles. The molecule has 0 saturated carbocycles. The average molecular weight is 492 g/mol. The summed E-state index contributed by atoms with van der Waals surface area (Å²) in [6.07, 6.45) is 3.10. The topological polar surface area (TPSA) is 80.6 Å². The molecular formula is C29H37N3O4. The number of benzene rings is 2. The molecule has 2 aromatic carbocycles. The minimum Gasteiger partial charge on any atom is -0.469 e. The molecule has 0 aliphatic rings. The van der Waals surface area contributed by atoms with Crippen molar-refractivity contribution < 1.29 is 19.1 Å². The predicted molar refractivity (Wildman–Crippen MR) is 142 cm³/mol. The first kappa shape index (κ1) is 27.0.